The highest BCUT2D eigenvalue weighted by Crippen LogP contribution is 2.33. The largest absolute Gasteiger partial charge is 0.482 e. The van der Waals surface area contributed by atoms with Crippen molar-refractivity contribution in [3.8, 4) is 5.75 Å². The first kappa shape index (κ1) is 23.3. The van der Waals surface area contributed by atoms with Gasteiger partial charge in [-0.25, -0.2) is 9.80 Å². The van der Waals surface area contributed by atoms with E-state index in [4.69, 9.17) is 9.47 Å². The van der Waals surface area contributed by atoms with E-state index >= 15 is 0 Å². The number of benzene rings is 4. The molecule has 1 unspecified atom stereocenters. The molecule has 0 radical (unpaired) electrons. The Labute approximate surface area is 209 Å². The zero-order chi connectivity index (χ0) is 24.9. The summed E-state index contributed by atoms with van der Waals surface area (Å²) in [7, 11) is 0. The Bertz CT molecular complexity index is 1430. The number of esters is 1. The van der Waals surface area contributed by atoms with Crippen molar-refractivity contribution in [3.63, 3.8) is 0 Å². The zero-order valence-corrected chi connectivity index (χ0v) is 20.0. The minimum atomic E-state index is -0.610. The molecule has 6 heteroatoms. The van der Waals surface area contributed by atoms with Crippen LogP contribution in [0.5, 0.6) is 5.75 Å². The number of ether oxygens (including phenoxy) is 2. The number of hydrazone groups is 1. The molecule has 0 spiro atoms. The average molecular weight is 479 g/mol. The summed E-state index contributed by atoms with van der Waals surface area (Å²) in [4.78, 5) is 25.4. The second kappa shape index (κ2) is 10.4. The maximum atomic E-state index is 13.2. The van der Waals surface area contributed by atoms with Crippen molar-refractivity contribution < 1.29 is 19.1 Å². The van der Waals surface area contributed by atoms with Gasteiger partial charge in [0, 0.05) is 6.42 Å². The third-order valence-corrected chi connectivity index (χ3v) is 6.23. The summed E-state index contributed by atoms with van der Waals surface area (Å²) in [5, 5.41) is 8.38. The quantitative estimate of drug-likeness (QED) is 0.331. The summed E-state index contributed by atoms with van der Waals surface area (Å²) in [6, 6.07) is 31.2. The highest BCUT2D eigenvalue weighted by Gasteiger charge is 2.33. The minimum absolute atomic E-state index is 0.272. The van der Waals surface area contributed by atoms with Crippen molar-refractivity contribution in [1.29, 1.82) is 0 Å². The minimum Gasteiger partial charge on any atom is -0.482 e. The predicted octanol–water partition coefficient (Wildman–Crippen LogP) is 5.45. The molecule has 0 saturated heterocycles. The number of nitrogens with zero attached hydrogens (tertiary/aromatic N) is 2. The van der Waals surface area contributed by atoms with Crippen molar-refractivity contribution in [3.05, 3.63) is 114 Å². The third kappa shape index (κ3) is 5.13. The number of carbonyl (C=O) groups excluding carboxylic acids is 2. The fourth-order valence-corrected chi connectivity index (χ4v) is 4.32. The van der Waals surface area contributed by atoms with Crippen LogP contribution in [0.15, 0.2) is 102 Å². The van der Waals surface area contributed by atoms with Crippen LogP contribution in [0, 0.1) is 6.92 Å². The first-order chi connectivity index (χ1) is 17.6. The molecule has 0 bridgehead atoms. The maximum Gasteiger partial charge on any atom is 0.344 e. The topological polar surface area (TPSA) is 68.2 Å². The molecule has 4 aromatic rings. The summed E-state index contributed by atoms with van der Waals surface area (Å²) >= 11 is 0. The Balaban J connectivity index is 1.30. The molecule has 6 nitrogen and oxygen atoms in total. The highest BCUT2D eigenvalue weighted by atomic mass is 16.6. The summed E-state index contributed by atoms with van der Waals surface area (Å²) in [5.74, 6) is -0.390. The lowest BCUT2D eigenvalue weighted by molar-refractivity contribution is -0.154. The van der Waals surface area contributed by atoms with Gasteiger partial charge in [0.15, 0.2) is 13.2 Å². The Hall–Kier alpha value is -4.45. The first-order valence-corrected chi connectivity index (χ1v) is 11.9. The van der Waals surface area contributed by atoms with Crippen LogP contribution < -0.4 is 4.74 Å². The molecule has 0 aromatic heterocycles. The summed E-state index contributed by atoms with van der Waals surface area (Å²) < 4.78 is 10.8. The van der Waals surface area contributed by atoms with Gasteiger partial charge >= 0.3 is 5.97 Å². The number of para-hydroxylation sites is 1. The van der Waals surface area contributed by atoms with Gasteiger partial charge in [0.05, 0.1) is 11.8 Å². The molecule has 1 amide bonds. The van der Waals surface area contributed by atoms with Gasteiger partial charge in [-0.05, 0) is 46.5 Å². The van der Waals surface area contributed by atoms with E-state index in [-0.39, 0.29) is 18.6 Å². The Morgan fingerprint density at radius 2 is 1.58 bits per heavy atom. The van der Waals surface area contributed by atoms with Gasteiger partial charge in [-0.2, -0.15) is 5.10 Å². The average Bonchev–Trinajstić information content (AvgIpc) is 3.37. The molecule has 1 aliphatic heterocycles. The molecule has 180 valence electrons. The van der Waals surface area contributed by atoms with E-state index in [0.717, 1.165) is 33.2 Å². The van der Waals surface area contributed by atoms with E-state index < -0.39 is 12.6 Å². The molecule has 0 N–H and O–H groups in total. The number of aryl methyl sites for hydroxylation is 1. The molecule has 4 aromatic carbocycles. The van der Waals surface area contributed by atoms with Gasteiger partial charge < -0.3 is 9.47 Å². The SMILES string of the molecule is Cc1ccccc1OCC(=O)OCC(=O)N1N=C(c2ccc3ccccc3c2)CC1c1ccccc1. The van der Waals surface area contributed by atoms with Gasteiger partial charge in [-0.1, -0.05) is 84.9 Å². The fraction of sp³-hybridized carbons (Fsp3) is 0.167. The number of hydrogen-bond acceptors (Lipinski definition) is 5. The van der Waals surface area contributed by atoms with Crippen molar-refractivity contribution in [2.24, 2.45) is 5.10 Å². The van der Waals surface area contributed by atoms with Crippen LogP contribution in [0.2, 0.25) is 0 Å². The zero-order valence-electron chi connectivity index (χ0n) is 20.0. The van der Waals surface area contributed by atoms with Crippen LogP contribution in [-0.4, -0.2) is 35.8 Å². The number of amides is 1. The molecule has 36 heavy (non-hydrogen) atoms. The normalized spacial score (nSPS) is 15.0. The molecule has 0 fully saturated rings. The van der Waals surface area contributed by atoms with Gasteiger partial charge in [-0.3, -0.25) is 4.79 Å². The van der Waals surface area contributed by atoms with Crippen LogP contribution in [-0.2, 0) is 14.3 Å². The van der Waals surface area contributed by atoms with Gasteiger partial charge in [0.1, 0.15) is 5.75 Å². The van der Waals surface area contributed by atoms with Crippen molar-refractivity contribution in [2.75, 3.05) is 13.2 Å². The predicted molar refractivity (Wildman–Crippen MR) is 139 cm³/mol. The number of rotatable bonds is 7. The first-order valence-electron chi connectivity index (χ1n) is 11.9. The van der Waals surface area contributed by atoms with Crippen LogP contribution in [0.3, 0.4) is 0 Å². The van der Waals surface area contributed by atoms with Crippen LogP contribution in [0.1, 0.15) is 29.2 Å². The van der Waals surface area contributed by atoms with E-state index in [1.54, 1.807) is 6.07 Å². The summed E-state index contributed by atoms with van der Waals surface area (Å²) in [6.45, 7) is 1.21. The van der Waals surface area contributed by atoms with Crippen molar-refractivity contribution in [1.82, 2.24) is 5.01 Å². The van der Waals surface area contributed by atoms with Crippen LogP contribution in [0.4, 0.5) is 0 Å². The Morgan fingerprint density at radius 1 is 0.861 bits per heavy atom. The molecule has 5 rings (SSSR count). The van der Waals surface area contributed by atoms with E-state index in [1.165, 1.54) is 5.01 Å². The molecular formula is C30H26N2O4. The van der Waals surface area contributed by atoms with E-state index in [9.17, 15) is 9.59 Å². The lowest BCUT2D eigenvalue weighted by Gasteiger charge is -2.21. The molecular weight excluding hydrogens is 452 g/mol. The number of hydrogen-bond donors (Lipinski definition) is 0. The molecule has 0 aliphatic carbocycles. The fourth-order valence-electron chi connectivity index (χ4n) is 4.32. The number of carbonyl (C=O) groups is 2. The lowest BCUT2D eigenvalue weighted by Crippen LogP contribution is -2.32. The monoisotopic (exact) mass is 478 g/mol. The lowest BCUT2D eigenvalue weighted by atomic mass is 9.97. The van der Waals surface area contributed by atoms with Crippen molar-refractivity contribution >= 4 is 28.4 Å². The van der Waals surface area contributed by atoms with Gasteiger partial charge in [-0.15, -0.1) is 0 Å². The third-order valence-electron chi connectivity index (χ3n) is 6.23. The summed E-state index contributed by atoms with van der Waals surface area (Å²) in [5.41, 5.74) is 3.67. The second-order valence-electron chi connectivity index (χ2n) is 8.69. The standard InChI is InChI=1S/C30H26N2O4/c1-21-9-5-8-14-28(21)35-20-30(34)36-19-29(33)32-27(23-11-3-2-4-12-23)18-26(31-32)25-16-15-22-10-6-7-13-24(22)17-25/h2-17,27H,18-20H2,1H3. The second-order valence-corrected chi connectivity index (χ2v) is 8.69. The Morgan fingerprint density at radius 3 is 2.39 bits per heavy atom. The van der Waals surface area contributed by atoms with Crippen molar-refractivity contribution in [2.45, 2.75) is 19.4 Å². The molecule has 0 saturated carbocycles. The van der Waals surface area contributed by atoms with E-state index in [2.05, 4.69) is 29.4 Å². The smallest absolute Gasteiger partial charge is 0.344 e. The molecule has 1 heterocycles. The van der Waals surface area contributed by atoms with Crippen LogP contribution in [0.25, 0.3) is 10.8 Å². The molecule has 1 aliphatic rings. The van der Waals surface area contributed by atoms with Gasteiger partial charge in [0.25, 0.3) is 5.91 Å². The van der Waals surface area contributed by atoms with E-state index in [1.807, 2.05) is 73.7 Å². The van der Waals surface area contributed by atoms with Gasteiger partial charge in [0.2, 0.25) is 0 Å². The maximum absolute atomic E-state index is 13.2. The number of fused-ring (bicyclic) bond motifs is 1. The van der Waals surface area contributed by atoms with Crippen LogP contribution >= 0.6 is 0 Å². The molecule has 1 atom stereocenters. The Kier molecular flexibility index (Phi) is 6.76. The van der Waals surface area contributed by atoms with E-state index in [0.29, 0.717) is 12.2 Å². The summed E-state index contributed by atoms with van der Waals surface area (Å²) in [6.07, 6.45) is 0.568. The highest BCUT2D eigenvalue weighted by molar-refractivity contribution is 6.05.